The fourth-order valence-corrected chi connectivity index (χ4v) is 4.30. The van der Waals surface area contributed by atoms with E-state index in [2.05, 4.69) is 40.9 Å². The van der Waals surface area contributed by atoms with Crippen molar-refractivity contribution in [3.05, 3.63) is 90.0 Å². The number of fused-ring (bicyclic) bond motifs is 2. The second-order valence-electron chi connectivity index (χ2n) is 8.21. The summed E-state index contributed by atoms with van der Waals surface area (Å²) in [6, 6.07) is 26.2. The van der Waals surface area contributed by atoms with E-state index in [0.29, 0.717) is 6.54 Å². The highest BCUT2D eigenvalue weighted by molar-refractivity contribution is 6.13. The van der Waals surface area contributed by atoms with Gasteiger partial charge in [0.05, 0.1) is 12.1 Å². The van der Waals surface area contributed by atoms with Gasteiger partial charge in [-0.05, 0) is 46.7 Å². The van der Waals surface area contributed by atoms with E-state index in [9.17, 15) is 9.59 Å². The van der Waals surface area contributed by atoms with Crippen molar-refractivity contribution in [1.29, 1.82) is 0 Å². The SMILES string of the molecule is Cc1ccc(N2C[C@H](C(=O)N/N=C/c3c4ccccc4cc4ccccc34)CC2=O)cc1. The zero-order chi connectivity index (χ0) is 22.1. The molecular weight excluding hydrogens is 398 g/mol. The van der Waals surface area contributed by atoms with Gasteiger partial charge in [0.25, 0.3) is 0 Å². The van der Waals surface area contributed by atoms with Crippen LogP contribution < -0.4 is 10.3 Å². The third-order valence-electron chi connectivity index (χ3n) is 6.02. The predicted octanol–water partition coefficient (Wildman–Crippen LogP) is 4.80. The molecule has 0 bridgehead atoms. The lowest BCUT2D eigenvalue weighted by Crippen LogP contribution is -2.30. The Morgan fingerprint density at radius 2 is 1.59 bits per heavy atom. The van der Waals surface area contributed by atoms with Crippen molar-refractivity contribution in [3.8, 4) is 0 Å². The molecule has 1 aliphatic rings. The van der Waals surface area contributed by atoms with Gasteiger partial charge >= 0.3 is 0 Å². The largest absolute Gasteiger partial charge is 0.312 e. The molecule has 32 heavy (non-hydrogen) atoms. The first-order chi connectivity index (χ1) is 15.6. The molecule has 2 amide bonds. The topological polar surface area (TPSA) is 61.8 Å². The van der Waals surface area contributed by atoms with Gasteiger partial charge in [-0.1, -0.05) is 66.2 Å². The quantitative estimate of drug-likeness (QED) is 0.292. The standard InChI is InChI=1S/C27H23N3O2/c1-18-10-12-22(13-11-18)30-17-21(15-26(30)31)27(32)29-28-16-25-23-8-4-2-6-19(23)14-20-7-3-5-9-24(20)25/h2-14,16,21H,15,17H2,1H3,(H,29,32)/b28-16+/t21-/m1/s1. The Hall–Kier alpha value is -3.99. The summed E-state index contributed by atoms with van der Waals surface area (Å²) in [7, 11) is 0. The van der Waals surface area contributed by atoms with Crippen molar-refractivity contribution in [3.63, 3.8) is 0 Å². The second kappa shape index (κ2) is 8.27. The minimum atomic E-state index is -0.426. The fraction of sp³-hybridized carbons (Fsp3) is 0.148. The van der Waals surface area contributed by atoms with E-state index < -0.39 is 5.92 Å². The Kier molecular flexibility index (Phi) is 5.15. The van der Waals surface area contributed by atoms with Crippen LogP contribution in [-0.2, 0) is 9.59 Å². The van der Waals surface area contributed by atoms with Gasteiger partial charge in [-0.2, -0.15) is 5.10 Å². The number of aryl methyl sites for hydroxylation is 1. The van der Waals surface area contributed by atoms with Gasteiger partial charge in [-0.15, -0.1) is 0 Å². The average molecular weight is 422 g/mol. The maximum Gasteiger partial charge on any atom is 0.245 e. The summed E-state index contributed by atoms with van der Waals surface area (Å²) in [4.78, 5) is 26.9. The van der Waals surface area contributed by atoms with Crippen LogP contribution in [-0.4, -0.2) is 24.6 Å². The van der Waals surface area contributed by atoms with E-state index in [-0.39, 0.29) is 18.2 Å². The van der Waals surface area contributed by atoms with E-state index in [1.165, 1.54) is 0 Å². The number of benzene rings is 4. The summed E-state index contributed by atoms with van der Waals surface area (Å²) in [6.07, 6.45) is 1.89. The summed E-state index contributed by atoms with van der Waals surface area (Å²) >= 11 is 0. The van der Waals surface area contributed by atoms with Crippen LogP contribution in [0.1, 0.15) is 17.5 Å². The Morgan fingerprint density at radius 1 is 0.969 bits per heavy atom. The molecular formula is C27H23N3O2. The molecule has 4 aromatic carbocycles. The van der Waals surface area contributed by atoms with Crippen molar-refractivity contribution in [1.82, 2.24) is 5.43 Å². The lowest BCUT2D eigenvalue weighted by molar-refractivity contribution is -0.126. The van der Waals surface area contributed by atoms with Gasteiger partial charge in [0.15, 0.2) is 0 Å². The lowest BCUT2D eigenvalue weighted by Gasteiger charge is -2.16. The van der Waals surface area contributed by atoms with E-state index in [1.54, 1.807) is 11.1 Å². The summed E-state index contributed by atoms with van der Waals surface area (Å²) in [5.41, 5.74) is 5.57. The molecule has 1 fully saturated rings. The first-order valence-corrected chi connectivity index (χ1v) is 10.7. The van der Waals surface area contributed by atoms with Gasteiger partial charge in [0, 0.05) is 24.2 Å². The maximum atomic E-state index is 12.7. The van der Waals surface area contributed by atoms with Crippen LogP contribution in [0, 0.1) is 12.8 Å². The normalized spacial score (nSPS) is 16.3. The molecule has 0 spiro atoms. The van der Waals surface area contributed by atoms with Crippen LogP contribution in [0.2, 0.25) is 0 Å². The van der Waals surface area contributed by atoms with Crippen molar-refractivity contribution >= 4 is 45.3 Å². The van der Waals surface area contributed by atoms with E-state index in [1.807, 2.05) is 55.5 Å². The van der Waals surface area contributed by atoms with Crippen molar-refractivity contribution in [2.75, 3.05) is 11.4 Å². The lowest BCUT2D eigenvalue weighted by atomic mass is 9.97. The van der Waals surface area contributed by atoms with Crippen LogP contribution >= 0.6 is 0 Å². The monoisotopic (exact) mass is 421 g/mol. The minimum Gasteiger partial charge on any atom is -0.312 e. The Balaban J connectivity index is 1.35. The Labute approximate surface area is 186 Å². The van der Waals surface area contributed by atoms with E-state index in [0.717, 1.165) is 38.4 Å². The zero-order valence-corrected chi connectivity index (χ0v) is 17.8. The number of anilines is 1. The number of hydrazone groups is 1. The molecule has 158 valence electrons. The number of carbonyl (C=O) groups excluding carboxylic acids is 2. The van der Waals surface area contributed by atoms with Crippen LogP contribution in [0.15, 0.2) is 84.0 Å². The predicted molar refractivity (Wildman–Crippen MR) is 129 cm³/mol. The van der Waals surface area contributed by atoms with Crippen LogP contribution in [0.4, 0.5) is 5.69 Å². The minimum absolute atomic E-state index is 0.0435. The van der Waals surface area contributed by atoms with Gasteiger partial charge < -0.3 is 4.90 Å². The van der Waals surface area contributed by atoms with Gasteiger partial charge in [-0.25, -0.2) is 5.43 Å². The fourth-order valence-electron chi connectivity index (χ4n) is 4.30. The van der Waals surface area contributed by atoms with Crippen LogP contribution in [0.25, 0.3) is 21.5 Å². The summed E-state index contributed by atoms with van der Waals surface area (Å²) in [5, 5.41) is 8.66. The van der Waals surface area contributed by atoms with Crippen molar-refractivity contribution in [2.45, 2.75) is 13.3 Å². The second-order valence-corrected chi connectivity index (χ2v) is 8.21. The molecule has 5 heteroatoms. The highest BCUT2D eigenvalue weighted by Gasteiger charge is 2.35. The van der Waals surface area contributed by atoms with Crippen molar-refractivity contribution in [2.24, 2.45) is 11.0 Å². The molecule has 1 aliphatic heterocycles. The highest BCUT2D eigenvalue weighted by Crippen LogP contribution is 2.28. The van der Waals surface area contributed by atoms with Crippen LogP contribution in [0.3, 0.4) is 0 Å². The molecule has 0 aliphatic carbocycles. The molecule has 0 saturated carbocycles. The number of hydrogen-bond acceptors (Lipinski definition) is 3. The summed E-state index contributed by atoms with van der Waals surface area (Å²) in [5.74, 6) is -0.711. The molecule has 0 aromatic heterocycles. The first kappa shape index (κ1) is 19.9. The number of carbonyl (C=O) groups is 2. The molecule has 4 aromatic rings. The smallest absolute Gasteiger partial charge is 0.245 e. The maximum absolute atomic E-state index is 12.7. The molecule has 1 heterocycles. The van der Waals surface area contributed by atoms with Crippen LogP contribution in [0.5, 0.6) is 0 Å². The molecule has 1 saturated heterocycles. The summed E-state index contributed by atoms with van der Waals surface area (Å²) < 4.78 is 0. The number of rotatable bonds is 4. The van der Waals surface area contributed by atoms with Crippen molar-refractivity contribution < 1.29 is 9.59 Å². The molecule has 1 atom stereocenters. The van der Waals surface area contributed by atoms with Gasteiger partial charge in [-0.3, -0.25) is 9.59 Å². The van der Waals surface area contributed by atoms with Gasteiger partial charge in [0.2, 0.25) is 11.8 Å². The molecule has 1 N–H and O–H groups in total. The Morgan fingerprint density at radius 3 is 2.25 bits per heavy atom. The average Bonchev–Trinajstić information content (AvgIpc) is 3.20. The zero-order valence-electron chi connectivity index (χ0n) is 17.8. The van der Waals surface area contributed by atoms with Gasteiger partial charge in [0.1, 0.15) is 0 Å². The first-order valence-electron chi connectivity index (χ1n) is 10.7. The molecule has 0 radical (unpaired) electrons. The summed E-state index contributed by atoms with van der Waals surface area (Å²) in [6.45, 7) is 2.36. The Bertz CT molecular complexity index is 1300. The highest BCUT2D eigenvalue weighted by atomic mass is 16.2. The van der Waals surface area contributed by atoms with E-state index >= 15 is 0 Å². The molecule has 5 rings (SSSR count). The third-order valence-corrected chi connectivity index (χ3v) is 6.02. The third kappa shape index (κ3) is 3.73. The number of nitrogens with zero attached hydrogens (tertiary/aromatic N) is 2. The molecule has 5 nitrogen and oxygen atoms in total. The molecule has 0 unspecified atom stereocenters. The number of hydrogen-bond donors (Lipinski definition) is 1. The number of nitrogens with one attached hydrogen (secondary N) is 1. The number of amides is 2. The van der Waals surface area contributed by atoms with E-state index in [4.69, 9.17) is 0 Å².